The van der Waals surface area contributed by atoms with Crippen molar-refractivity contribution in [1.82, 2.24) is 14.0 Å². The molecule has 1 N–H and O–H groups in total. The average Bonchev–Trinajstić information content (AvgIpc) is 3.10. The molecular weight excluding hydrogens is 447 g/mol. The smallest absolute Gasteiger partial charge is 0.226 e. The van der Waals surface area contributed by atoms with Crippen LogP contribution in [0.4, 0.5) is 0 Å². The Balaban J connectivity index is 1.57. The summed E-state index contributed by atoms with van der Waals surface area (Å²) in [5, 5.41) is 9.27. The van der Waals surface area contributed by atoms with Crippen LogP contribution >= 0.6 is 11.6 Å². The number of ketones is 1. The number of nitrogens with one attached hydrogen (secondary N) is 1. The molecule has 0 bridgehead atoms. The lowest BCUT2D eigenvalue weighted by Crippen LogP contribution is -2.34. The molecule has 0 aliphatic rings. The van der Waals surface area contributed by atoms with E-state index < -0.39 is 0 Å². The maximum absolute atomic E-state index is 12.9. The fraction of sp³-hybridized carbons (Fsp3) is 0.192. The van der Waals surface area contributed by atoms with Crippen LogP contribution in [-0.4, -0.2) is 47.2 Å². The van der Waals surface area contributed by atoms with E-state index in [2.05, 4.69) is 0 Å². The maximum Gasteiger partial charge on any atom is 0.226 e. The molecule has 6 nitrogen and oxygen atoms in total. The molecule has 1 heterocycles. The number of benzene rings is 3. The van der Waals surface area contributed by atoms with Gasteiger partial charge in [0.2, 0.25) is 11.5 Å². The molecule has 34 heavy (non-hydrogen) atoms. The zero-order chi connectivity index (χ0) is 24.2. The lowest BCUT2D eigenvalue weighted by Gasteiger charge is -2.18. The van der Waals surface area contributed by atoms with Gasteiger partial charge in [-0.05, 0) is 17.7 Å². The minimum absolute atomic E-state index is 0.00459. The summed E-state index contributed by atoms with van der Waals surface area (Å²) in [4.78, 5) is 27.2. The number of halogens is 1. The summed E-state index contributed by atoms with van der Waals surface area (Å²) in [5.41, 5.74) is 3.57. The number of hydrogen-bond donors (Lipinski definition) is 1. The number of hydrogen-bond acceptors (Lipinski definition) is 3. The lowest BCUT2D eigenvalue weighted by atomic mass is 9.94. The van der Waals surface area contributed by atoms with Crippen molar-refractivity contribution in [3.05, 3.63) is 94.6 Å². The van der Waals surface area contributed by atoms with Gasteiger partial charge in [-0.25, -0.2) is 0 Å². The standard InChI is InChI=1S/C26H24BClN4O2/c1-30(24(34)16-18-6-3-2-4-7-18)14-15-31-25-21(28)8-5-9-22(25)32(26(31)29)17-23(33)19-10-12-20(27)13-11-19/h2-13,29H,14-17H2,1H3. The normalized spacial score (nSPS) is 11.0. The van der Waals surface area contributed by atoms with Crippen LogP contribution in [0.1, 0.15) is 15.9 Å². The molecule has 4 aromatic rings. The topological polar surface area (TPSA) is 71.1 Å². The van der Waals surface area contributed by atoms with Crippen molar-refractivity contribution in [2.24, 2.45) is 0 Å². The van der Waals surface area contributed by atoms with E-state index in [1.807, 2.05) is 36.4 Å². The molecule has 0 saturated heterocycles. The molecule has 0 fully saturated rings. The van der Waals surface area contributed by atoms with Gasteiger partial charge in [-0.2, -0.15) is 0 Å². The van der Waals surface area contributed by atoms with E-state index >= 15 is 0 Å². The van der Waals surface area contributed by atoms with Gasteiger partial charge in [0.05, 0.1) is 29.0 Å². The van der Waals surface area contributed by atoms with Crippen molar-refractivity contribution in [3.8, 4) is 0 Å². The van der Waals surface area contributed by atoms with Gasteiger partial charge in [0.25, 0.3) is 0 Å². The Morgan fingerprint density at radius 1 is 0.971 bits per heavy atom. The van der Waals surface area contributed by atoms with Gasteiger partial charge in [-0.15, -0.1) is 0 Å². The van der Waals surface area contributed by atoms with Gasteiger partial charge >= 0.3 is 0 Å². The number of aromatic nitrogens is 2. The van der Waals surface area contributed by atoms with Crippen LogP contribution in [-0.2, 0) is 24.3 Å². The number of Topliss-reactive ketones (excluding diaryl/α,β-unsaturated/α-hetero) is 1. The maximum atomic E-state index is 12.9. The number of carbonyl (C=O) groups excluding carboxylic acids is 2. The lowest BCUT2D eigenvalue weighted by molar-refractivity contribution is -0.129. The van der Waals surface area contributed by atoms with Gasteiger partial charge in [-0.3, -0.25) is 15.0 Å². The fourth-order valence-corrected chi connectivity index (χ4v) is 4.19. The summed E-state index contributed by atoms with van der Waals surface area (Å²) in [6.45, 7) is 0.771. The highest BCUT2D eigenvalue weighted by molar-refractivity contribution is 6.35. The summed E-state index contributed by atoms with van der Waals surface area (Å²) < 4.78 is 3.39. The fourth-order valence-electron chi connectivity index (χ4n) is 3.92. The van der Waals surface area contributed by atoms with Crippen LogP contribution in [0.15, 0.2) is 72.8 Å². The first-order valence-electron chi connectivity index (χ1n) is 10.9. The number of likely N-dealkylation sites (N-methyl/N-ethyl adjacent to an activating group) is 1. The first-order chi connectivity index (χ1) is 16.3. The van der Waals surface area contributed by atoms with Crippen LogP contribution in [0.2, 0.25) is 5.02 Å². The van der Waals surface area contributed by atoms with E-state index in [1.54, 1.807) is 57.5 Å². The first kappa shape index (κ1) is 23.6. The number of rotatable bonds is 8. The molecule has 0 aliphatic heterocycles. The van der Waals surface area contributed by atoms with Crippen molar-refractivity contribution >= 4 is 47.6 Å². The Morgan fingerprint density at radius 2 is 1.68 bits per heavy atom. The molecule has 0 aliphatic carbocycles. The number of para-hydroxylation sites is 1. The molecule has 3 aromatic carbocycles. The summed E-state index contributed by atoms with van der Waals surface area (Å²) >= 11 is 6.51. The third-order valence-electron chi connectivity index (χ3n) is 5.85. The van der Waals surface area contributed by atoms with Crippen molar-refractivity contribution in [2.45, 2.75) is 19.5 Å². The molecule has 1 amide bonds. The summed E-state index contributed by atoms with van der Waals surface area (Å²) in [7, 11) is 7.48. The van der Waals surface area contributed by atoms with Crippen LogP contribution in [0.3, 0.4) is 0 Å². The third kappa shape index (κ3) is 4.99. The second kappa shape index (κ2) is 10.1. The minimum Gasteiger partial charge on any atom is -0.344 e. The van der Waals surface area contributed by atoms with Crippen LogP contribution in [0.25, 0.3) is 11.0 Å². The van der Waals surface area contributed by atoms with E-state index in [9.17, 15) is 9.59 Å². The highest BCUT2D eigenvalue weighted by atomic mass is 35.5. The van der Waals surface area contributed by atoms with E-state index in [-0.39, 0.29) is 23.9 Å². The Labute approximate surface area is 204 Å². The molecule has 0 atom stereocenters. The molecule has 0 saturated carbocycles. The van der Waals surface area contributed by atoms with Crippen LogP contribution in [0, 0.1) is 5.41 Å². The third-order valence-corrected chi connectivity index (χ3v) is 6.16. The first-order valence-corrected chi connectivity index (χ1v) is 11.3. The number of fused-ring (bicyclic) bond motifs is 1. The Morgan fingerprint density at radius 3 is 2.38 bits per heavy atom. The SMILES string of the molecule is [B]c1ccc(C(=O)Cn2c(=N)n(CCN(C)C(=O)Cc3ccccc3)c3c(Cl)cccc32)cc1. The number of nitrogens with zero attached hydrogens (tertiary/aromatic N) is 3. The average molecular weight is 471 g/mol. The van der Waals surface area contributed by atoms with E-state index in [4.69, 9.17) is 24.9 Å². The molecular formula is C26H24BClN4O2. The van der Waals surface area contributed by atoms with Crippen LogP contribution < -0.4 is 11.1 Å². The van der Waals surface area contributed by atoms with E-state index in [0.29, 0.717) is 46.6 Å². The number of amides is 1. The summed E-state index contributed by atoms with van der Waals surface area (Å²) in [5.74, 6) is -0.139. The highest BCUT2D eigenvalue weighted by Gasteiger charge is 2.18. The minimum atomic E-state index is -0.132. The summed E-state index contributed by atoms with van der Waals surface area (Å²) in [6.07, 6.45) is 0.314. The monoisotopic (exact) mass is 470 g/mol. The molecule has 170 valence electrons. The molecule has 1 aromatic heterocycles. The van der Waals surface area contributed by atoms with E-state index in [0.717, 1.165) is 5.56 Å². The van der Waals surface area contributed by atoms with Gasteiger partial charge in [0.1, 0.15) is 7.85 Å². The highest BCUT2D eigenvalue weighted by Crippen LogP contribution is 2.23. The van der Waals surface area contributed by atoms with Gasteiger partial charge in [0, 0.05) is 25.7 Å². The van der Waals surface area contributed by atoms with Gasteiger partial charge in [0.15, 0.2) is 5.78 Å². The largest absolute Gasteiger partial charge is 0.344 e. The van der Waals surface area contributed by atoms with Crippen molar-refractivity contribution in [3.63, 3.8) is 0 Å². The Kier molecular flexibility index (Phi) is 7.03. The zero-order valence-corrected chi connectivity index (χ0v) is 19.6. The van der Waals surface area contributed by atoms with Crippen molar-refractivity contribution in [1.29, 1.82) is 5.41 Å². The van der Waals surface area contributed by atoms with Gasteiger partial charge < -0.3 is 14.0 Å². The van der Waals surface area contributed by atoms with E-state index in [1.165, 1.54) is 0 Å². The second-order valence-electron chi connectivity index (χ2n) is 8.19. The predicted octanol–water partition coefficient (Wildman–Crippen LogP) is 2.95. The number of carbonyl (C=O) groups is 2. The molecule has 0 spiro atoms. The Hall–Kier alpha value is -3.58. The van der Waals surface area contributed by atoms with Crippen LogP contribution in [0.5, 0.6) is 0 Å². The molecule has 2 radical (unpaired) electrons. The van der Waals surface area contributed by atoms with Crippen molar-refractivity contribution in [2.75, 3.05) is 13.6 Å². The predicted molar refractivity (Wildman–Crippen MR) is 135 cm³/mol. The molecule has 0 unspecified atom stereocenters. The molecule has 4 rings (SSSR count). The number of imidazole rings is 1. The van der Waals surface area contributed by atoms with Gasteiger partial charge in [-0.1, -0.05) is 77.7 Å². The Bertz CT molecular complexity index is 1390. The zero-order valence-electron chi connectivity index (χ0n) is 18.9. The quantitative estimate of drug-likeness (QED) is 0.318. The molecule has 8 heteroatoms. The summed E-state index contributed by atoms with van der Waals surface area (Å²) in [6, 6.07) is 21.7. The van der Waals surface area contributed by atoms with Crippen molar-refractivity contribution < 1.29 is 9.59 Å². The second-order valence-corrected chi connectivity index (χ2v) is 8.60.